The van der Waals surface area contributed by atoms with Gasteiger partial charge in [0.1, 0.15) is 0 Å². The number of hydrogen-bond acceptors (Lipinski definition) is 0. The predicted molar refractivity (Wildman–Crippen MR) is 71.0 cm³/mol. The fourth-order valence-corrected chi connectivity index (χ4v) is 1.20. The van der Waals surface area contributed by atoms with E-state index in [4.69, 9.17) is 1.37 Å². The molecule has 0 heterocycles. The van der Waals surface area contributed by atoms with Crippen LogP contribution in [0, 0.1) is 0 Å². The molecular weight excluding hydrogens is 180 g/mol. The summed E-state index contributed by atoms with van der Waals surface area (Å²) in [7, 11) is 0. The Morgan fingerprint density at radius 3 is 2.47 bits per heavy atom. The van der Waals surface area contributed by atoms with Crippen molar-refractivity contribution in [3.8, 4) is 0 Å². The summed E-state index contributed by atoms with van der Waals surface area (Å²) in [5, 5.41) is 0. The normalized spacial score (nSPS) is 14.3. The smallest absolute Gasteiger partial charge is 0.0538 e. The summed E-state index contributed by atoms with van der Waals surface area (Å²) >= 11 is 0. The number of rotatable bonds is 6. The first-order valence-corrected chi connectivity index (χ1v) is 5.57. The molecule has 0 saturated carbocycles. The van der Waals surface area contributed by atoms with Gasteiger partial charge in [0.15, 0.2) is 0 Å². The molecule has 0 saturated heterocycles. The van der Waals surface area contributed by atoms with Crippen LogP contribution in [0.1, 0.15) is 48.3 Å². The van der Waals surface area contributed by atoms with Gasteiger partial charge in [-0.15, -0.1) is 0 Å². The molecule has 15 heavy (non-hydrogen) atoms. The van der Waals surface area contributed by atoms with Crippen molar-refractivity contribution >= 4 is 0 Å². The maximum atomic E-state index is 6.94. The molecule has 84 valence electrons. The molecule has 0 bridgehead atoms. The lowest BCUT2D eigenvalue weighted by Crippen LogP contribution is -1.77. The Bertz CT molecular complexity index is 299. The summed E-state index contributed by atoms with van der Waals surface area (Å²) in [6.07, 6.45) is 11.8. The lowest BCUT2D eigenvalue weighted by atomic mass is 10.1. The van der Waals surface area contributed by atoms with Crippen LogP contribution in [-0.2, 0) is 0 Å². The van der Waals surface area contributed by atoms with E-state index in [1.165, 1.54) is 17.7 Å². The van der Waals surface area contributed by atoms with E-state index in [0.717, 1.165) is 24.8 Å². The second kappa shape index (κ2) is 8.28. The molecule has 0 amide bonds. The maximum Gasteiger partial charge on any atom is 0.0538 e. The van der Waals surface area contributed by atoms with Gasteiger partial charge < -0.3 is 0 Å². The fourth-order valence-electron chi connectivity index (χ4n) is 1.20. The van der Waals surface area contributed by atoms with Crippen molar-refractivity contribution in [2.24, 2.45) is 0 Å². The first-order valence-electron chi connectivity index (χ1n) is 6.14. The highest BCUT2D eigenvalue weighted by Crippen LogP contribution is 2.08. The molecule has 0 aliphatic rings. The van der Waals surface area contributed by atoms with Crippen molar-refractivity contribution < 1.29 is 1.37 Å². The Morgan fingerprint density at radius 1 is 1.13 bits per heavy atom. The van der Waals surface area contributed by atoms with Crippen LogP contribution in [0.4, 0.5) is 0 Å². The quantitative estimate of drug-likeness (QED) is 0.413. The molecule has 0 aromatic rings. The van der Waals surface area contributed by atoms with E-state index in [-0.39, 0.29) is 0 Å². The molecule has 0 aromatic carbocycles. The molecule has 0 spiro atoms. The highest BCUT2D eigenvalue weighted by atomic mass is 13.9. The van der Waals surface area contributed by atoms with E-state index in [1.807, 2.05) is 13.0 Å². The molecule has 0 atom stereocenters. The highest BCUT2D eigenvalue weighted by molar-refractivity contribution is 5.15. The number of hydrogen-bond donors (Lipinski definition) is 0. The third-order valence-corrected chi connectivity index (χ3v) is 2.26. The summed E-state index contributed by atoms with van der Waals surface area (Å²) in [6.45, 7) is 9.81. The average Bonchev–Trinajstić information content (AvgIpc) is 2.17. The molecule has 0 fully saturated rings. The molecule has 0 aliphatic carbocycles. The third-order valence-electron chi connectivity index (χ3n) is 2.26. The fraction of sp³-hybridized carbons (Fsp3) is 0.467. The summed E-state index contributed by atoms with van der Waals surface area (Å²) in [6, 6.07) is 0. The molecule has 0 unspecified atom stereocenters. The van der Waals surface area contributed by atoms with Gasteiger partial charge in [-0.05, 0) is 47.0 Å². The van der Waals surface area contributed by atoms with Crippen molar-refractivity contribution in [1.29, 1.82) is 0 Å². The standard InChI is InChI=1S/C15H24/c1-6-14(4)10-8-12-15(5)11-7-9-13(2)3/h6,9-10,12H,1,7-8,11H2,2-5H3/b14-10+,15-12+/i1D/b6-1?,14-10+,15-12+. The Morgan fingerprint density at radius 2 is 1.87 bits per heavy atom. The van der Waals surface area contributed by atoms with Gasteiger partial charge in [-0.2, -0.15) is 0 Å². The van der Waals surface area contributed by atoms with Crippen molar-refractivity contribution in [3.63, 3.8) is 0 Å². The molecular formula is C15H24. The van der Waals surface area contributed by atoms with Crippen LogP contribution in [0.2, 0.25) is 0 Å². The average molecular weight is 205 g/mol. The van der Waals surface area contributed by atoms with Crippen molar-refractivity contribution in [2.45, 2.75) is 47.0 Å². The Kier molecular flexibility index (Phi) is 6.64. The van der Waals surface area contributed by atoms with Crippen molar-refractivity contribution in [2.75, 3.05) is 0 Å². The van der Waals surface area contributed by atoms with Gasteiger partial charge in [0, 0.05) is 0 Å². The zero-order chi connectivity index (χ0) is 12.4. The van der Waals surface area contributed by atoms with E-state index < -0.39 is 0 Å². The first-order chi connectivity index (χ1) is 7.56. The van der Waals surface area contributed by atoms with E-state index in [2.05, 4.69) is 39.0 Å². The molecule has 0 aliphatic heterocycles. The lowest BCUT2D eigenvalue weighted by Gasteiger charge is -1.98. The molecule has 0 aromatic heterocycles. The van der Waals surface area contributed by atoms with Gasteiger partial charge in [0.25, 0.3) is 0 Å². The predicted octanol–water partition coefficient (Wildman–Crippen LogP) is 5.20. The molecule has 0 rings (SSSR count). The van der Waals surface area contributed by atoms with Crippen LogP contribution in [0.5, 0.6) is 0 Å². The molecule has 0 heteroatoms. The summed E-state index contributed by atoms with van der Waals surface area (Å²) in [4.78, 5) is 0. The molecule has 0 nitrogen and oxygen atoms in total. The van der Waals surface area contributed by atoms with Crippen LogP contribution in [0.25, 0.3) is 0 Å². The zero-order valence-electron chi connectivity index (χ0n) is 11.5. The second-order valence-electron chi connectivity index (χ2n) is 4.22. The minimum absolute atomic E-state index is 0.969. The van der Waals surface area contributed by atoms with Crippen LogP contribution in [-0.4, -0.2) is 0 Å². The SMILES string of the molecule is [2H]C=C/C(C)=C/C/C=C(\C)CCC=C(C)C. The largest absolute Gasteiger partial charge is 0.0988 e. The van der Waals surface area contributed by atoms with Gasteiger partial charge >= 0.3 is 0 Å². The van der Waals surface area contributed by atoms with Crippen LogP contribution in [0.3, 0.4) is 0 Å². The lowest BCUT2D eigenvalue weighted by molar-refractivity contribution is 0.958. The van der Waals surface area contributed by atoms with Crippen LogP contribution in [0.15, 0.2) is 47.6 Å². The summed E-state index contributed by atoms with van der Waals surface area (Å²) in [5.41, 5.74) is 3.99. The molecule has 0 N–H and O–H groups in total. The van der Waals surface area contributed by atoms with Gasteiger partial charge in [0.2, 0.25) is 0 Å². The first kappa shape index (κ1) is 12.0. The third kappa shape index (κ3) is 9.27. The van der Waals surface area contributed by atoms with E-state index >= 15 is 0 Å². The van der Waals surface area contributed by atoms with E-state index in [0.29, 0.717) is 0 Å². The van der Waals surface area contributed by atoms with Crippen molar-refractivity contribution in [1.82, 2.24) is 0 Å². The topological polar surface area (TPSA) is 0 Å². The summed E-state index contributed by atoms with van der Waals surface area (Å²) in [5.74, 6) is 0. The van der Waals surface area contributed by atoms with Crippen LogP contribution >= 0.6 is 0 Å². The maximum absolute atomic E-state index is 6.94. The van der Waals surface area contributed by atoms with Gasteiger partial charge in [-0.25, -0.2) is 0 Å². The van der Waals surface area contributed by atoms with E-state index in [9.17, 15) is 0 Å². The van der Waals surface area contributed by atoms with Gasteiger partial charge in [-0.1, -0.05) is 47.6 Å². The van der Waals surface area contributed by atoms with Crippen LogP contribution < -0.4 is 0 Å². The van der Waals surface area contributed by atoms with Gasteiger partial charge in [-0.3, -0.25) is 0 Å². The minimum Gasteiger partial charge on any atom is -0.0988 e. The Hall–Kier alpha value is -1.04. The Balaban J connectivity index is 3.96. The van der Waals surface area contributed by atoms with Gasteiger partial charge in [0.05, 0.1) is 1.37 Å². The van der Waals surface area contributed by atoms with Crippen molar-refractivity contribution in [3.05, 3.63) is 47.6 Å². The highest BCUT2D eigenvalue weighted by Gasteiger charge is 1.88. The minimum atomic E-state index is 0.969. The monoisotopic (exact) mass is 205 g/mol. The zero-order valence-corrected chi connectivity index (χ0v) is 10.5. The summed E-state index contributed by atoms with van der Waals surface area (Å²) < 4.78 is 6.94. The number of allylic oxidation sites excluding steroid dienone is 7. The molecule has 0 radical (unpaired) electrons. The second-order valence-corrected chi connectivity index (χ2v) is 4.22. The van der Waals surface area contributed by atoms with E-state index in [1.54, 1.807) is 0 Å². The Labute approximate surface area is 96.5 Å².